The van der Waals surface area contributed by atoms with Crippen LogP contribution in [0.4, 0.5) is 11.6 Å². The number of H-pyrrole nitrogens is 1. The van der Waals surface area contributed by atoms with Crippen molar-refractivity contribution in [2.45, 2.75) is 30.6 Å². The molecule has 1 aliphatic rings. The molecule has 168 valence electrons. The van der Waals surface area contributed by atoms with Crippen molar-refractivity contribution in [3.05, 3.63) is 47.2 Å². The number of carbonyl (C=O) groups excluding carboxylic acids is 1. The van der Waals surface area contributed by atoms with Crippen LogP contribution in [-0.4, -0.2) is 47.6 Å². The van der Waals surface area contributed by atoms with Crippen molar-refractivity contribution in [2.75, 3.05) is 18.4 Å². The number of anilines is 2. The van der Waals surface area contributed by atoms with E-state index in [4.69, 9.17) is 11.6 Å². The molecule has 2 heterocycles. The van der Waals surface area contributed by atoms with Gasteiger partial charge in [0, 0.05) is 43.3 Å². The minimum absolute atomic E-state index is 0.0623. The number of amides is 1. The number of sulfonamides is 1. The summed E-state index contributed by atoms with van der Waals surface area (Å²) in [5, 5.41) is 13.2. The molecule has 1 saturated carbocycles. The first-order chi connectivity index (χ1) is 15.3. The van der Waals surface area contributed by atoms with E-state index in [9.17, 15) is 13.2 Å². The van der Waals surface area contributed by atoms with Crippen LogP contribution in [0, 0.1) is 0 Å². The highest BCUT2D eigenvalue weighted by atomic mass is 35.5. The van der Waals surface area contributed by atoms with E-state index in [-0.39, 0.29) is 23.9 Å². The van der Waals surface area contributed by atoms with Crippen LogP contribution in [0.25, 0.3) is 11.4 Å². The average Bonchev–Trinajstić information content (AvgIpc) is 3.52. The molecule has 0 atom stereocenters. The van der Waals surface area contributed by atoms with Crippen molar-refractivity contribution in [2.24, 2.45) is 0 Å². The van der Waals surface area contributed by atoms with Gasteiger partial charge in [0.15, 0.2) is 17.5 Å². The summed E-state index contributed by atoms with van der Waals surface area (Å²) in [6.07, 6.45) is 3.76. The van der Waals surface area contributed by atoms with Gasteiger partial charge >= 0.3 is 0 Å². The summed E-state index contributed by atoms with van der Waals surface area (Å²) >= 11 is 6.25. The Balaban J connectivity index is 1.52. The van der Waals surface area contributed by atoms with E-state index >= 15 is 0 Å². The third kappa shape index (κ3) is 5.42. The zero-order chi connectivity index (χ0) is 22.7. The first-order valence-electron chi connectivity index (χ1n) is 10.0. The zero-order valence-electron chi connectivity index (χ0n) is 17.2. The summed E-state index contributed by atoms with van der Waals surface area (Å²) in [6, 6.07) is 8.20. The molecule has 4 N–H and O–H groups in total. The van der Waals surface area contributed by atoms with Crippen LogP contribution in [0.1, 0.15) is 31.4 Å². The Kier molecular flexibility index (Phi) is 6.40. The third-order valence-electron chi connectivity index (χ3n) is 4.80. The fraction of sp³-hybridized carbons (Fsp3) is 0.300. The first kappa shape index (κ1) is 22.2. The largest absolute Gasteiger partial charge is 0.355 e. The van der Waals surface area contributed by atoms with Crippen molar-refractivity contribution < 1.29 is 13.2 Å². The van der Waals surface area contributed by atoms with Crippen molar-refractivity contribution in [1.29, 1.82) is 0 Å². The molecule has 0 saturated heterocycles. The van der Waals surface area contributed by atoms with Gasteiger partial charge in [0.25, 0.3) is 0 Å². The highest BCUT2D eigenvalue weighted by Crippen LogP contribution is 2.39. The van der Waals surface area contributed by atoms with Gasteiger partial charge in [-0.05, 0) is 25.0 Å². The summed E-state index contributed by atoms with van der Waals surface area (Å²) in [7, 11) is -3.77. The molecule has 3 aromatic rings. The van der Waals surface area contributed by atoms with Gasteiger partial charge < -0.3 is 10.6 Å². The fourth-order valence-electron chi connectivity index (χ4n) is 3.03. The molecule has 32 heavy (non-hydrogen) atoms. The van der Waals surface area contributed by atoms with Crippen molar-refractivity contribution in [3.63, 3.8) is 0 Å². The average molecular weight is 476 g/mol. The van der Waals surface area contributed by atoms with E-state index in [0.29, 0.717) is 34.0 Å². The molecule has 0 aliphatic heterocycles. The summed E-state index contributed by atoms with van der Waals surface area (Å²) in [5.74, 6) is 1.58. The SMILES string of the molecule is CC(=O)NCCNS(=O)(=O)c1cccc(-c2ncc(Cl)c(Nc3cc(C4CC4)[nH]n3)n2)c1. The highest BCUT2D eigenvalue weighted by Gasteiger charge is 2.25. The molecule has 0 radical (unpaired) electrons. The molecule has 1 amide bonds. The van der Waals surface area contributed by atoms with Crippen LogP contribution in [0.15, 0.2) is 41.4 Å². The number of hydrogen-bond donors (Lipinski definition) is 4. The van der Waals surface area contributed by atoms with Gasteiger partial charge in [0.1, 0.15) is 5.02 Å². The number of rotatable bonds is 9. The molecule has 2 aromatic heterocycles. The molecule has 4 rings (SSSR count). The van der Waals surface area contributed by atoms with Crippen molar-refractivity contribution >= 4 is 39.2 Å². The second-order valence-corrected chi connectivity index (χ2v) is 9.58. The minimum Gasteiger partial charge on any atom is -0.355 e. The molecule has 0 spiro atoms. The van der Waals surface area contributed by atoms with E-state index < -0.39 is 10.0 Å². The van der Waals surface area contributed by atoms with Crippen LogP contribution >= 0.6 is 11.6 Å². The van der Waals surface area contributed by atoms with E-state index in [1.54, 1.807) is 12.1 Å². The Labute approximate surface area is 190 Å². The zero-order valence-corrected chi connectivity index (χ0v) is 18.8. The predicted octanol–water partition coefficient (Wildman–Crippen LogP) is 2.56. The number of nitrogens with one attached hydrogen (secondary N) is 4. The van der Waals surface area contributed by atoms with Gasteiger partial charge in [-0.25, -0.2) is 23.1 Å². The summed E-state index contributed by atoms with van der Waals surface area (Å²) in [5.41, 5.74) is 1.58. The lowest BCUT2D eigenvalue weighted by atomic mass is 10.2. The van der Waals surface area contributed by atoms with Crippen LogP contribution in [0.2, 0.25) is 5.02 Å². The lowest BCUT2D eigenvalue weighted by Gasteiger charge is -2.10. The van der Waals surface area contributed by atoms with Crippen LogP contribution in [-0.2, 0) is 14.8 Å². The molecule has 0 unspecified atom stereocenters. The topological polar surface area (TPSA) is 142 Å². The van der Waals surface area contributed by atoms with Gasteiger partial charge in [-0.3, -0.25) is 9.89 Å². The van der Waals surface area contributed by atoms with Gasteiger partial charge in [-0.15, -0.1) is 0 Å². The predicted molar refractivity (Wildman–Crippen MR) is 120 cm³/mol. The second kappa shape index (κ2) is 9.23. The van der Waals surface area contributed by atoms with Gasteiger partial charge in [-0.1, -0.05) is 23.7 Å². The van der Waals surface area contributed by atoms with Crippen LogP contribution in [0.5, 0.6) is 0 Å². The minimum atomic E-state index is -3.77. The number of nitrogens with zero attached hydrogens (tertiary/aromatic N) is 3. The van der Waals surface area contributed by atoms with Crippen molar-refractivity contribution in [3.8, 4) is 11.4 Å². The molecule has 12 heteroatoms. The Hall–Kier alpha value is -3.02. The molecule has 1 fully saturated rings. The van der Waals surface area contributed by atoms with Gasteiger partial charge in [0.2, 0.25) is 15.9 Å². The smallest absolute Gasteiger partial charge is 0.240 e. The highest BCUT2D eigenvalue weighted by molar-refractivity contribution is 7.89. The number of carbonyl (C=O) groups is 1. The van der Waals surface area contributed by atoms with E-state index in [1.807, 2.05) is 6.07 Å². The number of halogens is 1. The maximum atomic E-state index is 12.6. The van der Waals surface area contributed by atoms with Gasteiger partial charge in [-0.2, -0.15) is 5.10 Å². The van der Waals surface area contributed by atoms with Gasteiger partial charge in [0.05, 0.1) is 11.1 Å². The Morgan fingerprint density at radius 3 is 2.81 bits per heavy atom. The maximum absolute atomic E-state index is 12.6. The molecular formula is C20H22ClN7O3S. The quantitative estimate of drug-likeness (QED) is 0.348. The molecule has 10 nitrogen and oxygen atoms in total. The lowest BCUT2D eigenvalue weighted by Crippen LogP contribution is -2.33. The fourth-order valence-corrected chi connectivity index (χ4v) is 4.24. The third-order valence-corrected chi connectivity index (χ3v) is 6.53. The second-order valence-electron chi connectivity index (χ2n) is 7.41. The summed E-state index contributed by atoms with van der Waals surface area (Å²) in [4.78, 5) is 19.7. The summed E-state index contributed by atoms with van der Waals surface area (Å²) in [6.45, 7) is 1.63. The van der Waals surface area contributed by atoms with Crippen LogP contribution < -0.4 is 15.4 Å². The monoisotopic (exact) mass is 475 g/mol. The standard InChI is InChI=1S/C20H22ClN7O3S/c1-12(29)22-7-8-24-32(30,31)15-4-2-3-14(9-15)19-23-11-16(21)20(26-19)25-18-10-17(27-28-18)13-5-6-13/h2-4,9-11,13,24H,5-8H2,1H3,(H,22,29)(H2,23,25,26,27,28). The van der Waals surface area contributed by atoms with E-state index in [2.05, 4.69) is 35.5 Å². The Morgan fingerprint density at radius 1 is 1.25 bits per heavy atom. The molecule has 0 bridgehead atoms. The molecule has 1 aromatic carbocycles. The van der Waals surface area contributed by atoms with E-state index in [0.717, 1.165) is 18.5 Å². The first-order valence-corrected chi connectivity index (χ1v) is 11.9. The summed E-state index contributed by atoms with van der Waals surface area (Å²) < 4.78 is 27.6. The molecule has 1 aliphatic carbocycles. The number of hydrogen-bond acceptors (Lipinski definition) is 7. The lowest BCUT2D eigenvalue weighted by molar-refractivity contribution is -0.118. The van der Waals surface area contributed by atoms with Crippen LogP contribution in [0.3, 0.4) is 0 Å². The number of aromatic amines is 1. The maximum Gasteiger partial charge on any atom is 0.240 e. The Bertz CT molecular complexity index is 1240. The molecular weight excluding hydrogens is 454 g/mol. The number of aromatic nitrogens is 4. The number of benzene rings is 1. The van der Waals surface area contributed by atoms with Crippen molar-refractivity contribution in [1.82, 2.24) is 30.2 Å². The van der Waals surface area contributed by atoms with E-state index in [1.165, 1.54) is 25.3 Å². The Morgan fingerprint density at radius 2 is 2.06 bits per heavy atom. The normalized spacial score (nSPS) is 13.7.